The quantitative estimate of drug-likeness (QED) is 0.682. The summed E-state index contributed by atoms with van der Waals surface area (Å²) >= 11 is 0. The zero-order valence-electron chi connectivity index (χ0n) is 7.60. The number of hydrogen-bond donors (Lipinski definition) is 1. The minimum atomic E-state index is -0.867. The zero-order valence-corrected chi connectivity index (χ0v) is 7.60. The van der Waals surface area contributed by atoms with Gasteiger partial charge in [-0.2, -0.15) is 0 Å². The Kier molecular flexibility index (Phi) is 2.19. The van der Waals surface area contributed by atoms with Crippen molar-refractivity contribution < 1.29 is 9.90 Å². The third-order valence-corrected chi connectivity index (χ3v) is 2.27. The Bertz CT molecular complexity index is 418. The third-order valence-electron chi connectivity index (χ3n) is 2.27. The van der Waals surface area contributed by atoms with Crippen LogP contribution in [0, 0.1) is 0 Å². The first-order chi connectivity index (χ1) is 6.79. The summed E-state index contributed by atoms with van der Waals surface area (Å²) in [4.78, 5) is 10.9. The maximum absolute atomic E-state index is 10.9. The Morgan fingerprint density at radius 2 is 2.07 bits per heavy atom. The molecule has 2 nitrogen and oxygen atoms in total. The van der Waals surface area contributed by atoms with Gasteiger partial charge >= 0.3 is 5.97 Å². The summed E-state index contributed by atoms with van der Waals surface area (Å²) in [5, 5.41) is 8.98. The molecule has 0 heterocycles. The van der Waals surface area contributed by atoms with E-state index in [1.54, 1.807) is 6.08 Å². The van der Waals surface area contributed by atoms with Crippen molar-refractivity contribution in [2.75, 3.05) is 0 Å². The molecule has 0 amide bonds. The molecule has 1 N–H and O–H groups in total. The van der Waals surface area contributed by atoms with Crippen molar-refractivity contribution in [2.45, 2.75) is 6.42 Å². The number of hydrogen-bond acceptors (Lipinski definition) is 1. The molecule has 0 spiro atoms. The molecule has 2 rings (SSSR count). The lowest BCUT2D eigenvalue weighted by atomic mass is 9.92. The molecule has 0 atom stereocenters. The van der Waals surface area contributed by atoms with E-state index in [1.165, 1.54) is 0 Å². The van der Waals surface area contributed by atoms with Gasteiger partial charge in [-0.1, -0.05) is 42.5 Å². The molecule has 2 heteroatoms. The van der Waals surface area contributed by atoms with Gasteiger partial charge in [0, 0.05) is 0 Å². The maximum atomic E-state index is 10.9. The summed E-state index contributed by atoms with van der Waals surface area (Å²) in [5.41, 5.74) is 2.27. The van der Waals surface area contributed by atoms with Crippen LogP contribution in [0.1, 0.15) is 6.42 Å². The predicted molar refractivity (Wildman–Crippen MR) is 54.8 cm³/mol. The van der Waals surface area contributed by atoms with Gasteiger partial charge < -0.3 is 5.11 Å². The molecule has 0 aromatic heterocycles. The summed E-state index contributed by atoms with van der Waals surface area (Å²) < 4.78 is 0. The lowest BCUT2D eigenvalue weighted by Crippen LogP contribution is -2.05. The predicted octanol–water partition coefficient (Wildman–Crippen LogP) is 2.38. The van der Waals surface area contributed by atoms with Crippen LogP contribution in [0.5, 0.6) is 0 Å². The molecule has 14 heavy (non-hydrogen) atoms. The molecule has 0 saturated heterocycles. The summed E-state index contributed by atoms with van der Waals surface area (Å²) in [6.07, 6.45) is 13.9. The van der Waals surface area contributed by atoms with E-state index in [0.717, 1.165) is 17.6 Å². The Morgan fingerprint density at radius 3 is 2.86 bits per heavy atom. The normalized spacial score (nSPS) is 19.0. The molecule has 0 radical (unpaired) electrons. The van der Waals surface area contributed by atoms with Crippen LogP contribution in [-0.2, 0) is 4.79 Å². The van der Waals surface area contributed by atoms with Crippen LogP contribution in [0.15, 0.2) is 59.3 Å². The Balaban J connectivity index is 2.56. The number of fused-ring (bicyclic) bond motifs is 1. The number of rotatable bonds is 1. The SMILES string of the molecule is O=C(O)C1=C2C=CC=CC=C2CC=C1. The van der Waals surface area contributed by atoms with Crippen LogP contribution >= 0.6 is 0 Å². The van der Waals surface area contributed by atoms with Gasteiger partial charge in [0.15, 0.2) is 0 Å². The second kappa shape index (κ2) is 3.50. The van der Waals surface area contributed by atoms with Gasteiger partial charge in [0.05, 0.1) is 5.57 Å². The van der Waals surface area contributed by atoms with E-state index in [4.69, 9.17) is 5.11 Å². The van der Waals surface area contributed by atoms with E-state index in [0.29, 0.717) is 5.57 Å². The Hall–Kier alpha value is -1.83. The number of carboxylic acid groups (broad SMARTS) is 1. The highest BCUT2D eigenvalue weighted by Gasteiger charge is 2.16. The number of allylic oxidation sites excluding steroid dienone is 8. The molecule has 0 saturated carbocycles. The fourth-order valence-corrected chi connectivity index (χ4v) is 1.61. The van der Waals surface area contributed by atoms with Crippen LogP contribution in [0.2, 0.25) is 0 Å². The number of carbonyl (C=O) groups is 1. The van der Waals surface area contributed by atoms with Gasteiger partial charge in [0.2, 0.25) is 0 Å². The lowest BCUT2D eigenvalue weighted by molar-refractivity contribution is -0.132. The average molecular weight is 186 g/mol. The van der Waals surface area contributed by atoms with Crippen molar-refractivity contribution in [3.63, 3.8) is 0 Å². The molecule has 0 fully saturated rings. The first-order valence-electron chi connectivity index (χ1n) is 4.47. The van der Waals surface area contributed by atoms with E-state index in [1.807, 2.05) is 36.5 Å². The molecule has 0 aliphatic heterocycles. The van der Waals surface area contributed by atoms with Crippen LogP contribution in [0.4, 0.5) is 0 Å². The summed E-state index contributed by atoms with van der Waals surface area (Å²) in [6.45, 7) is 0. The molecule has 70 valence electrons. The summed E-state index contributed by atoms with van der Waals surface area (Å²) in [5.74, 6) is -0.867. The van der Waals surface area contributed by atoms with Crippen LogP contribution in [-0.4, -0.2) is 11.1 Å². The number of carboxylic acids is 1. The van der Waals surface area contributed by atoms with E-state index >= 15 is 0 Å². The van der Waals surface area contributed by atoms with E-state index in [9.17, 15) is 4.79 Å². The van der Waals surface area contributed by atoms with Crippen molar-refractivity contribution in [1.29, 1.82) is 0 Å². The fraction of sp³-hybridized carbons (Fsp3) is 0.0833. The van der Waals surface area contributed by atoms with Crippen molar-refractivity contribution in [2.24, 2.45) is 0 Å². The van der Waals surface area contributed by atoms with Crippen LogP contribution < -0.4 is 0 Å². The molecule has 2 aliphatic rings. The molecule has 0 aromatic carbocycles. The third kappa shape index (κ3) is 1.46. The average Bonchev–Trinajstić information content (AvgIpc) is 2.41. The van der Waals surface area contributed by atoms with Gasteiger partial charge in [0.1, 0.15) is 0 Å². The van der Waals surface area contributed by atoms with E-state index in [2.05, 4.69) is 0 Å². The summed E-state index contributed by atoms with van der Waals surface area (Å²) in [7, 11) is 0. The minimum absolute atomic E-state index is 0.377. The molecular formula is C12H10O2. The fourth-order valence-electron chi connectivity index (χ4n) is 1.61. The molecule has 0 aromatic rings. The van der Waals surface area contributed by atoms with Gasteiger partial charge in [-0.3, -0.25) is 0 Å². The molecule has 0 unspecified atom stereocenters. The topological polar surface area (TPSA) is 37.3 Å². The van der Waals surface area contributed by atoms with Gasteiger partial charge in [-0.05, 0) is 17.6 Å². The van der Waals surface area contributed by atoms with Crippen molar-refractivity contribution in [3.8, 4) is 0 Å². The molecule has 2 aliphatic carbocycles. The van der Waals surface area contributed by atoms with Crippen molar-refractivity contribution in [1.82, 2.24) is 0 Å². The lowest BCUT2D eigenvalue weighted by Gasteiger charge is -2.12. The van der Waals surface area contributed by atoms with Crippen molar-refractivity contribution in [3.05, 3.63) is 59.3 Å². The zero-order chi connectivity index (χ0) is 9.97. The largest absolute Gasteiger partial charge is 0.478 e. The number of aliphatic carboxylic acids is 1. The summed E-state index contributed by atoms with van der Waals surface area (Å²) in [6, 6.07) is 0. The van der Waals surface area contributed by atoms with Crippen LogP contribution in [0.25, 0.3) is 0 Å². The monoisotopic (exact) mass is 186 g/mol. The first kappa shape index (κ1) is 8.75. The van der Waals surface area contributed by atoms with Gasteiger partial charge in [-0.25, -0.2) is 4.79 Å². The molecule has 0 bridgehead atoms. The van der Waals surface area contributed by atoms with Crippen LogP contribution in [0.3, 0.4) is 0 Å². The Morgan fingerprint density at radius 1 is 1.21 bits per heavy atom. The van der Waals surface area contributed by atoms with Gasteiger partial charge in [0.25, 0.3) is 0 Å². The standard InChI is InChI=1S/C12H10O2/c13-12(14)11-8-4-6-9-5-2-1-3-7-10(9)11/h1-5,7-8H,6H2,(H,13,14). The highest BCUT2D eigenvalue weighted by atomic mass is 16.4. The highest BCUT2D eigenvalue weighted by Crippen LogP contribution is 2.27. The maximum Gasteiger partial charge on any atom is 0.336 e. The smallest absolute Gasteiger partial charge is 0.336 e. The first-order valence-corrected chi connectivity index (χ1v) is 4.47. The second-order valence-electron chi connectivity index (χ2n) is 3.17. The minimum Gasteiger partial charge on any atom is -0.478 e. The van der Waals surface area contributed by atoms with Gasteiger partial charge in [-0.15, -0.1) is 0 Å². The van der Waals surface area contributed by atoms with E-state index < -0.39 is 5.97 Å². The van der Waals surface area contributed by atoms with Crippen molar-refractivity contribution >= 4 is 5.97 Å². The van der Waals surface area contributed by atoms with E-state index in [-0.39, 0.29) is 0 Å². The Labute approximate surface area is 82.2 Å². The highest BCUT2D eigenvalue weighted by molar-refractivity contribution is 5.93. The molecular weight excluding hydrogens is 176 g/mol. The second-order valence-corrected chi connectivity index (χ2v) is 3.17.